The zero-order valence-corrected chi connectivity index (χ0v) is 15.0. The summed E-state index contributed by atoms with van der Waals surface area (Å²) in [5.41, 5.74) is 4.15. The van der Waals surface area contributed by atoms with Gasteiger partial charge in [0, 0.05) is 11.8 Å². The Labute approximate surface area is 147 Å². The van der Waals surface area contributed by atoms with E-state index in [9.17, 15) is 4.79 Å². The minimum Gasteiger partial charge on any atom is -0.309 e. The standard InChI is InChI=1S/C21H23N3O/c1-4-18-22-16-12-11-14(8-7-13-23(2)3)19-20(16)24(18)17-10-6-5-9-15(17)21(19)25/h5-6,9-12H,4,7-8,13H2,1-3H3. The lowest BCUT2D eigenvalue weighted by Gasteiger charge is -2.12. The lowest BCUT2D eigenvalue weighted by atomic mass is 10.0. The third kappa shape index (κ3) is 2.48. The summed E-state index contributed by atoms with van der Waals surface area (Å²) in [6, 6.07) is 12.0. The maximum atomic E-state index is 13.3. The molecule has 0 radical (unpaired) electrons. The Kier molecular flexibility index (Phi) is 3.92. The van der Waals surface area contributed by atoms with Crippen LogP contribution < -0.4 is 5.43 Å². The molecule has 0 atom stereocenters. The molecule has 4 heteroatoms. The Bertz CT molecular complexity index is 1110. The van der Waals surface area contributed by atoms with E-state index in [0.29, 0.717) is 0 Å². The summed E-state index contributed by atoms with van der Waals surface area (Å²) in [4.78, 5) is 20.2. The van der Waals surface area contributed by atoms with E-state index in [1.807, 2.05) is 24.3 Å². The van der Waals surface area contributed by atoms with E-state index >= 15 is 0 Å². The molecule has 2 aromatic carbocycles. The fraction of sp³-hybridized carbons (Fsp3) is 0.333. The predicted octanol–water partition coefficient (Wildman–Crippen LogP) is 3.50. The first-order valence-corrected chi connectivity index (χ1v) is 8.94. The summed E-state index contributed by atoms with van der Waals surface area (Å²) >= 11 is 0. The molecule has 4 nitrogen and oxygen atoms in total. The summed E-state index contributed by atoms with van der Waals surface area (Å²) in [6.07, 6.45) is 2.78. The van der Waals surface area contributed by atoms with Gasteiger partial charge in [-0.25, -0.2) is 4.98 Å². The molecule has 0 aliphatic rings. The van der Waals surface area contributed by atoms with Crippen LogP contribution in [0.25, 0.3) is 27.3 Å². The van der Waals surface area contributed by atoms with Gasteiger partial charge in [-0.05, 0) is 57.2 Å². The minimum atomic E-state index is 0.135. The smallest absolute Gasteiger partial charge is 0.197 e. The van der Waals surface area contributed by atoms with Crippen molar-refractivity contribution in [3.05, 3.63) is 58.0 Å². The number of pyridine rings is 1. The first-order valence-electron chi connectivity index (χ1n) is 8.94. The van der Waals surface area contributed by atoms with Crippen LogP contribution in [-0.4, -0.2) is 34.9 Å². The first-order chi connectivity index (χ1) is 12.1. The van der Waals surface area contributed by atoms with Gasteiger partial charge in [-0.15, -0.1) is 0 Å². The van der Waals surface area contributed by atoms with Crippen LogP contribution in [-0.2, 0) is 12.8 Å². The molecular formula is C21H23N3O. The fourth-order valence-electron chi connectivity index (χ4n) is 3.80. The predicted molar refractivity (Wildman–Crippen MR) is 104 cm³/mol. The average Bonchev–Trinajstić information content (AvgIpc) is 2.99. The minimum absolute atomic E-state index is 0.135. The Balaban J connectivity index is 2.06. The van der Waals surface area contributed by atoms with Gasteiger partial charge in [0.25, 0.3) is 0 Å². The summed E-state index contributed by atoms with van der Waals surface area (Å²) in [5.74, 6) is 1.02. The maximum absolute atomic E-state index is 13.3. The zero-order chi connectivity index (χ0) is 17.6. The van der Waals surface area contributed by atoms with Crippen LogP contribution in [0.2, 0.25) is 0 Å². The SMILES string of the molecule is CCc1nc2ccc(CCCN(C)C)c3c(=O)c4ccccc4n1c23. The Hall–Kier alpha value is -2.46. The number of para-hydroxylation sites is 1. The van der Waals surface area contributed by atoms with Crippen molar-refractivity contribution >= 4 is 27.3 Å². The number of hydrogen-bond donors (Lipinski definition) is 0. The third-order valence-electron chi connectivity index (χ3n) is 4.96. The van der Waals surface area contributed by atoms with Crippen LogP contribution in [0, 0.1) is 0 Å². The molecule has 128 valence electrons. The number of imidazole rings is 1. The number of hydrogen-bond acceptors (Lipinski definition) is 3. The van der Waals surface area contributed by atoms with Crippen molar-refractivity contribution in [3.8, 4) is 0 Å². The van der Waals surface area contributed by atoms with Crippen LogP contribution in [0.3, 0.4) is 0 Å². The number of rotatable bonds is 5. The van der Waals surface area contributed by atoms with Gasteiger partial charge in [0.05, 0.1) is 21.9 Å². The molecule has 0 aliphatic carbocycles. The summed E-state index contributed by atoms with van der Waals surface area (Å²) < 4.78 is 2.19. The Morgan fingerprint density at radius 1 is 1.12 bits per heavy atom. The summed E-state index contributed by atoms with van der Waals surface area (Å²) in [5, 5.41) is 1.63. The van der Waals surface area contributed by atoms with E-state index in [1.54, 1.807) is 0 Å². The molecule has 25 heavy (non-hydrogen) atoms. The topological polar surface area (TPSA) is 37.6 Å². The molecule has 4 rings (SSSR count). The Morgan fingerprint density at radius 2 is 1.92 bits per heavy atom. The van der Waals surface area contributed by atoms with Gasteiger partial charge in [-0.1, -0.05) is 25.1 Å². The zero-order valence-electron chi connectivity index (χ0n) is 15.0. The van der Waals surface area contributed by atoms with Crippen molar-refractivity contribution in [3.63, 3.8) is 0 Å². The highest BCUT2D eigenvalue weighted by atomic mass is 16.1. The second kappa shape index (κ2) is 6.12. The number of fused-ring (bicyclic) bond motifs is 2. The largest absolute Gasteiger partial charge is 0.309 e. The molecule has 0 aliphatic heterocycles. The van der Waals surface area contributed by atoms with Gasteiger partial charge >= 0.3 is 0 Å². The number of aryl methyl sites for hydroxylation is 2. The van der Waals surface area contributed by atoms with Crippen molar-refractivity contribution in [2.45, 2.75) is 26.2 Å². The van der Waals surface area contributed by atoms with E-state index in [4.69, 9.17) is 4.98 Å². The van der Waals surface area contributed by atoms with Gasteiger partial charge in [-0.3, -0.25) is 9.20 Å². The second-order valence-corrected chi connectivity index (χ2v) is 6.94. The number of aromatic nitrogens is 2. The molecule has 0 spiro atoms. The van der Waals surface area contributed by atoms with Gasteiger partial charge in [-0.2, -0.15) is 0 Å². The molecule has 0 fully saturated rings. The van der Waals surface area contributed by atoms with Crippen LogP contribution in [0.4, 0.5) is 0 Å². The normalized spacial score (nSPS) is 12.2. The summed E-state index contributed by atoms with van der Waals surface area (Å²) in [7, 11) is 4.16. The van der Waals surface area contributed by atoms with Crippen molar-refractivity contribution in [1.29, 1.82) is 0 Å². The van der Waals surface area contributed by atoms with Crippen molar-refractivity contribution in [1.82, 2.24) is 14.3 Å². The molecule has 4 aromatic rings. The van der Waals surface area contributed by atoms with Gasteiger partial charge < -0.3 is 4.90 Å². The van der Waals surface area contributed by atoms with Gasteiger partial charge in [0.2, 0.25) is 0 Å². The fourth-order valence-corrected chi connectivity index (χ4v) is 3.80. The van der Waals surface area contributed by atoms with E-state index in [-0.39, 0.29) is 5.43 Å². The lowest BCUT2D eigenvalue weighted by molar-refractivity contribution is 0.400. The van der Waals surface area contributed by atoms with Crippen LogP contribution in [0.15, 0.2) is 41.2 Å². The third-order valence-corrected chi connectivity index (χ3v) is 4.96. The van der Waals surface area contributed by atoms with E-state index in [0.717, 1.165) is 64.5 Å². The molecule has 0 unspecified atom stereocenters. The van der Waals surface area contributed by atoms with Crippen molar-refractivity contribution < 1.29 is 0 Å². The lowest BCUT2D eigenvalue weighted by Crippen LogP contribution is -2.14. The van der Waals surface area contributed by atoms with Crippen molar-refractivity contribution in [2.75, 3.05) is 20.6 Å². The van der Waals surface area contributed by atoms with E-state index in [2.05, 4.69) is 42.5 Å². The van der Waals surface area contributed by atoms with E-state index in [1.165, 1.54) is 0 Å². The molecule has 0 saturated carbocycles. The van der Waals surface area contributed by atoms with E-state index < -0.39 is 0 Å². The molecule has 0 amide bonds. The maximum Gasteiger partial charge on any atom is 0.197 e. The van der Waals surface area contributed by atoms with Crippen molar-refractivity contribution in [2.24, 2.45) is 0 Å². The highest BCUT2D eigenvalue weighted by molar-refractivity contribution is 6.03. The molecule has 2 aromatic heterocycles. The number of nitrogens with zero attached hydrogens (tertiary/aromatic N) is 3. The van der Waals surface area contributed by atoms with Gasteiger partial charge in [0.1, 0.15) is 5.82 Å². The quantitative estimate of drug-likeness (QED) is 0.525. The van der Waals surface area contributed by atoms with Crippen LogP contribution in [0.1, 0.15) is 24.7 Å². The first kappa shape index (κ1) is 16.0. The highest BCUT2D eigenvalue weighted by Crippen LogP contribution is 2.28. The molecule has 0 bridgehead atoms. The average molecular weight is 333 g/mol. The highest BCUT2D eigenvalue weighted by Gasteiger charge is 2.18. The number of benzene rings is 2. The van der Waals surface area contributed by atoms with Gasteiger partial charge in [0.15, 0.2) is 5.43 Å². The van der Waals surface area contributed by atoms with Crippen LogP contribution >= 0.6 is 0 Å². The molecule has 0 saturated heterocycles. The van der Waals surface area contributed by atoms with Crippen LogP contribution in [0.5, 0.6) is 0 Å². The summed E-state index contributed by atoms with van der Waals surface area (Å²) in [6.45, 7) is 3.13. The molecular weight excluding hydrogens is 310 g/mol. The monoisotopic (exact) mass is 333 g/mol. The molecule has 2 heterocycles. The Morgan fingerprint density at radius 3 is 2.68 bits per heavy atom. The molecule has 0 N–H and O–H groups in total. The second-order valence-electron chi connectivity index (χ2n) is 6.94.